The SMILES string of the molecule is COCCCN1C(=O)C(=O)/C(=C(\O)c2ccc(F)c(C)c2)C1c1ccc(O)cc1. The molecular formula is C22H22FNO5. The maximum Gasteiger partial charge on any atom is 0.295 e. The Bertz CT molecular complexity index is 968. The number of carbonyl (C=O) groups excluding carboxylic acids is 2. The highest BCUT2D eigenvalue weighted by Crippen LogP contribution is 2.39. The summed E-state index contributed by atoms with van der Waals surface area (Å²) in [6.07, 6.45) is 0.508. The predicted octanol–water partition coefficient (Wildman–Crippen LogP) is 3.30. The normalized spacial score (nSPS) is 18.4. The van der Waals surface area contributed by atoms with E-state index in [1.165, 1.54) is 35.2 Å². The molecular weight excluding hydrogens is 377 g/mol. The molecule has 2 aromatic carbocycles. The van der Waals surface area contributed by atoms with Crippen molar-refractivity contribution >= 4 is 17.4 Å². The Labute approximate surface area is 167 Å². The number of aliphatic hydroxyl groups excluding tert-OH is 1. The van der Waals surface area contributed by atoms with Crippen molar-refractivity contribution in [3.63, 3.8) is 0 Å². The largest absolute Gasteiger partial charge is 0.508 e. The van der Waals surface area contributed by atoms with Crippen molar-refractivity contribution < 1.29 is 28.9 Å². The summed E-state index contributed by atoms with van der Waals surface area (Å²) in [4.78, 5) is 26.9. The highest BCUT2D eigenvalue weighted by molar-refractivity contribution is 6.46. The van der Waals surface area contributed by atoms with E-state index in [2.05, 4.69) is 0 Å². The lowest BCUT2D eigenvalue weighted by atomic mass is 9.94. The van der Waals surface area contributed by atoms with E-state index >= 15 is 0 Å². The maximum absolute atomic E-state index is 13.6. The predicted molar refractivity (Wildman–Crippen MR) is 105 cm³/mol. The number of phenols is 1. The van der Waals surface area contributed by atoms with E-state index in [0.717, 1.165) is 0 Å². The molecule has 0 bridgehead atoms. The lowest BCUT2D eigenvalue weighted by Gasteiger charge is -2.25. The van der Waals surface area contributed by atoms with Gasteiger partial charge in [0.15, 0.2) is 0 Å². The molecule has 0 aliphatic carbocycles. The van der Waals surface area contributed by atoms with Gasteiger partial charge in [0.2, 0.25) is 0 Å². The Morgan fingerprint density at radius 1 is 1.17 bits per heavy atom. The standard InChI is InChI=1S/C22H22FNO5/c1-13-12-15(6-9-17(13)23)20(26)18-19(14-4-7-16(25)8-5-14)24(10-3-11-29-2)22(28)21(18)27/h4-9,12,19,25-26H,3,10-11H2,1-2H3/b20-18-. The number of Topliss-reactive ketones (excluding diaryl/α,β-unsaturated/α-hetero) is 1. The Morgan fingerprint density at radius 3 is 2.48 bits per heavy atom. The van der Waals surface area contributed by atoms with Crippen molar-refractivity contribution in [3.8, 4) is 5.75 Å². The molecule has 0 spiro atoms. The number of likely N-dealkylation sites (tertiary alicyclic amines) is 1. The molecule has 1 heterocycles. The molecule has 1 amide bonds. The smallest absolute Gasteiger partial charge is 0.295 e. The van der Waals surface area contributed by atoms with Crippen LogP contribution in [0.3, 0.4) is 0 Å². The molecule has 1 atom stereocenters. The van der Waals surface area contributed by atoms with E-state index < -0.39 is 23.5 Å². The third-order valence-electron chi connectivity index (χ3n) is 4.93. The molecule has 0 aromatic heterocycles. The summed E-state index contributed by atoms with van der Waals surface area (Å²) in [5.74, 6) is -2.28. The summed E-state index contributed by atoms with van der Waals surface area (Å²) in [6.45, 7) is 2.21. The third-order valence-corrected chi connectivity index (χ3v) is 4.93. The van der Waals surface area contributed by atoms with Crippen molar-refractivity contribution in [1.29, 1.82) is 0 Å². The Morgan fingerprint density at radius 2 is 1.86 bits per heavy atom. The number of ketones is 1. The van der Waals surface area contributed by atoms with E-state index in [9.17, 15) is 24.2 Å². The van der Waals surface area contributed by atoms with E-state index in [1.54, 1.807) is 26.2 Å². The summed E-state index contributed by atoms with van der Waals surface area (Å²) in [6, 6.07) is 9.27. The summed E-state index contributed by atoms with van der Waals surface area (Å²) < 4.78 is 18.7. The van der Waals surface area contributed by atoms with Crippen molar-refractivity contribution in [2.45, 2.75) is 19.4 Å². The van der Waals surface area contributed by atoms with Crippen molar-refractivity contribution in [3.05, 3.63) is 70.5 Å². The maximum atomic E-state index is 13.6. The molecule has 3 rings (SSSR count). The van der Waals surface area contributed by atoms with Crippen LogP contribution >= 0.6 is 0 Å². The zero-order chi connectivity index (χ0) is 21.1. The van der Waals surface area contributed by atoms with E-state index in [0.29, 0.717) is 24.2 Å². The Kier molecular flexibility index (Phi) is 5.98. The van der Waals surface area contributed by atoms with Crippen LogP contribution in [-0.4, -0.2) is 47.1 Å². The zero-order valence-electron chi connectivity index (χ0n) is 16.2. The number of benzene rings is 2. The molecule has 29 heavy (non-hydrogen) atoms. The second kappa shape index (κ2) is 8.45. The number of aryl methyl sites for hydroxylation is 1. The number of aliphatic hydroxyl groups is 1. The van der Waals surface area contributed by atoms with E-state index in [-0.39, 0.29) is 29.2 Å². The van der Waals surface area contributed by atoms with Gasteiger partial charge in [-0.1, -0.05) is 12.1 Å². The molecule has 7 heteroatoms. The minimum absolute atomic E-state index is 0.0410. The first-order valence-corrected chi connectivity index (χ1v) is 9.18. The van der Waals surface area contributed by atoms with Gasteiger partial charge in [0.25, 0.3) is 11.7 Å². The lowest BCUT2D eigenvalue weighted by molar-refractivity contribution is -0.140. The average Bonchev–Trinajstić information content (AvgIpc) is 2.95. The van der Waals surface area contributed by atoms with Crippen LogP contribution < -0.4 is 0 Å². The summed E-state index contributed by atoms with van der Waals surface area (Å²) in [5.41, 5.74) is 1.07. The minimum atomic E-state index is -0.821. The number of phenolic OH excluding ortho intramolecular Hbond substituents is 1. The fourth-order valence-corrected chi connectivity index (χ4v) is 3.44. The number of carbonyl (C=O) groups is 2. The number of halogens is 1. The fraction of sp³-hybridized carbons (Fsp3) is 0.273. The van der Waals surface area contributed by atoms with Gasteiger partial charge < -0.3 is 19.8 Å². The molecule has 6 nitrogen and oxygen atoms in total. The highest BCUT2D eigenvalue weighted by Gasteiger charge is 2.45. The van der Waals surface area contributed by atoms with Gasteiger partial charge in [-0.2, -0.15) is 0 Å². The first-order chi connectivity index (χ1) is 13.8. The second-order valence-electron chi connectivity index (χ2n) is 6.89. The number of amides is 1. The molecule has 152 valence electrons. The fourth-order valence-electron chi connectivity index (χ4n) is 3.44. The van der Waals surface area contributed by atoms with Crippen LogP contribution in [0.25, 0.3) is 5.76 Å². The number of rotatable bonds is 6. The van der Waals surface area contributed by atoms with Crippen LogP contribution in [-0.2, 0) is 14.3 Å². The van der Waals surface area contributed by atoms with Gasteiger partial charge in [-0.05, 0) is 54.8 Å². The molecule has 2 N–H and O–H groups in total. The van der Waals surface area contributed by atoms with Crippen LogP contribution in [0, 0.1) is 12.7 Å². The first kappa shape index (κ1) is 20.5. The molecule has 2 aromatic rings. The van der Waals surface area contributed by atoms with Crippen LogP contribution in [0.5, 0.6) is 5.75 Å². The molecule has 0 saturated carbocycles. The number of methoxy groups -OCH3 is 1. The van der Waals surface area contributed by atoms with Gasteiger partial charge in [0.1, 0.15) is 17.3 Å². The van der Waals surface area contributed by atoms with E-state index in [1.807, 2.05) is 0 Å². The quantitative estimate of drug-likeness (QED) is 0.337. The van der Waals surface area contributed by atoms with Crippen LogP contribution in [0.2, 0.25) is 0 Å². The van der Waals surface area contributed by atoms with Crippen molar-refractivity contribution in [2.75, 3.05) is 20.3 Å². The number of hydrogen-bond acceptors (Lipinski definition) is 5. The highest BCUT2D eigenvalue weighted by atomic mass is 19.1. The molecule has 1 saturated heterocycles. The Hall–Kier alpha value is -3.19. The number of nitrogens with zero attached hydrogens (tertiary/aromatic N) is 1. The van der Waals surface area contributed by atoms with Crippen LogP contribution in [0.1, 0.15) is 29.2 Å². The summed E-state index contributed by atoms with van der Waals surface area (Å²) >= 11 is 0. The molecule has 1 unspecified atom stereocenters. The van der Waals surface area contributed by atoms with Crippen LogP contribution in [0.4, 0.5) is 4.39 Å². The number of ether oxygens (including phenoxy) is 1. The third kappa shape index (κ3) is 4.00. The Balaban J connectivity index is 2.13. The number of aromatic hydroxyl groups is 1. The van der Waals surface area contributed by atoms with Crippen molar-refractivity contribution in [1.82, 2.24) is 4.90 Å². The van der Waals surface area contributed by atoms with E-state index in [4.69, 9.17) is 4.74 Å². The van der Waals surface area contributed by atoms with Gasteiger partial charge in [-0.15, -0.1) is 0 Å². The zero-order valence-corrected chi connectivity index (χ0v) is 16.2. The van der Waals surface area contributed by atoms with Gasteiger partial charge in [-0.25, -0.2) is 4.39 Å². The monoisotopic (exact) mass is 399 g/mol. The second-order valence-corrected chi connectivity index (χ2v) is 6.89. The lowest BCUT2D eigenvalue weighted by Crippen LogP contribution is -2.31. The first-order valence-electron chi connectivity index (χ1n) is 9.18. The average molecular weight is 399 g/mol. The molecule has 1 aliphatic heterocycles. The van der Waals surface area contributed by atoms with Crippen LogP contribution in [0.15, 0.2) is 48.0 Å². The molecule has 1 aliphatic rings. The van der Waals surface area contributed by atoms with Gasteiger partial charge in [0, 0.05) is 25.8 Å². The van der Waals surface area contributed by atoms with Gasteiger partial charge >= 0.3 is 0 Å². The van der Waals surface area contributed by atoms with Gasteiger partial charge in [0.05, 0.1) is 11.6 Å². The summed E-state index contributed by atoms with van der Waals surface area (Å²) in [5, 5.41) is 20.5. The molecule has 0 radical (unpaired) electrons. The van der Waals surface area contributed by atoms with Gasteiger partial charge in [-0.3, -0.25) is 9.59 Å². The molecule has 1 fully saturated rings. The topological polar surface area (TPSA) is 87.1 Å². The summed E-state index contributed by atoms with van der Waals surface area (Å²) in [7, 11) is 1.54. The number of hydrogen-bond donors (Lipinski definition) is 2. The van der Waals surface area contributed by atoms with Crippen molar-refractivity contribution in [2.24, 2.45) is 0 Å². The minimum Gasteiger partial charge on any atom is -0.508 e.